The highest BCUT2D eigenvalue weighted by molar-refractivity contribution is 5.33. The number of aromatic nitrogens is 2. The molecule has 1 aromatic rings. The van der Waals surface area contributed by atoms with Gasteiger partial charge in [0.2, 0.25) is 0 Å². The highest BCUT2D eigenvalue weighted by atomic mass is 15.0. The largest absolute Gasteiger partial charge is 0.384 e. The van der Waals surface area contributed by atoms with Crippen molar-refractivity contribution in [2.75, 3.05) is 5.73 Å². The van der Waals surface area contributed by atoms with E-state index in [0.29, 0.717) is 17.7 Å². The first-order chi connectivity index (χ1) is 8.76. The number of rotatable bonds is 3. The minimum atomic E-state index is 0.550. The summed E-state index contributed by atoms with van der Waals surface area (Å²) in [5, 5.41) is 0. The summed E-state index contributed by atoms with van der Waals surface area (Å²) in [7, 11) is 0. The average molecular weight is 245 g/mol. The fourth-order valence-electron chi connectivity index (χ4n) is 3.11. The summed E-state index contributed by atoms with van der Waals surface area (Å²) in [4.78, 5) is 9.26. The van der Waals surface area contributed by atoms with Gasteiger partial charge in [-0.2, -0.15) is 0 Å². The number of nitrogens with zero attached hydrogens (tertiary/aromatic N) is 2. The molecule has 0 atom stereocenters. The van der Waals surface area contributed by atoms with E-state index < -0.39 is 0 Å². The van der Waals surface area contributed by atoms with Gasteiger partial charge in [-0.15, -0.1) is 0 Å². The van der Waals surface area contributed by atoms with Crippen LogP contribution in [0.2, 0.25) is 0 Å². The molecule has 3 rings (SSSR count). The maximum atomic E-state index is 5.93. The molecular weight excluding hydrogens is 222 g/mol. The van der Waals surface area contributed by atoms with E-state index >= 15 is 0 Å². The van der Waals surface area contributed by atoms with Crippen molar-refractivity contribution < 1.29 is 0 Å². The minimum Gasteiger partial charge on any atom is -0.384 e. The summed E-state index contributed by atoms with van der Waals surface area (Å²) < 4.78 is 0. The van der Waals surface area contributed by atoms with Crippen molar-refractivity contribution in [3.8, 4) is 0 Å². The summed E-state index contributed by atoms with van der Waals surface area (Å²) in [6.45, 7) is 2.30. The van der Waals surface area contributed by atoms with Crippen LogP contribution in [-0.2, 0) is 0 Å². The molecule has 0 aliphatic heterocycles. The van der Waals surface area contributed by atoms with Crippen LogP contribution in [0.5, 0.6) is 0 Å². The van der Waals surface area contributed by atoms with Crippen LogP contribution in [-0.4, -0.2) is 9.97 Å². The molecule has 1 heterocycles. The predicted octanol–water partition coefficient (Wildman–Crippen LogP) is 3.62. The van der Waals surface area contributed by atoms with Crippen molar-refractivity contribution in [2.45, 2.75) is 63.7 Å². The Morgan fingerprint density at radius 1 is 1.06 bits per heavy atom. The summed E-state index contributed by atoms with van der Waals surface area (Å²) in [5.41, 5.74) is 7.12. The Hall–Kier alpha value is -1.12. The van der Waals surface area contributed by atoms with Crippen LogP contribution in [0.1, 0.15) is 75.2 Å². The molecule has 0 saturated heterocycles. The van der Waals surface area contributed by atoms with E-state index in [0.717, 1.165) is 11.7 Å². The van der Waals surface area contributed by atoms with Crippen molar-refractivity contribution in [3.63, 3.8) is 0 Å². The third-order valence-corrected chi connectivity index (χ3v) is 4.57. The van der Waals surface area contributed by atoms with Gasteiger partial charge in [-0.05, 0) is 44.4 Å². The lowest BCUT2D eigenvalue weighted by Gasteiger charge is -2.27. The second-order valence-electron chi connectivity index (χ2n) is 5.98. The fourth-order valence-corrected chi connectivity index (χ4v) is 3.11. The lowest BCUT2D eigenvalue weighted by atomic mass is 9.80. The smallest absolute Gasteiger partial charge is 0.134 e. The normalized spacial score (nSPS) is 28.3. The summed E-state index contributed by atoms with van der Waals surface area (Å²) in [6.07, 6.45) is 9.02. The second-order valence-corrected chi connectivity index (χ2v) is 5.98. The van der Waals surface area contributed by atoms with Crippen molar-refractivity contribution in [1.82, 2.24) is 9.97 Å². The molecule has 0 spiro atoms. The van der Waals surface area contributed by atoms with Crippen molar-refractivity contribution in [1.29, 1.82) is 0 Å². The number of anilines is 1. The number of hydrogen-bond acceptors (Lipinski definition) is 3. The summed E-state index contributed by atoms with van der Waals surface area (Å²) in [5.74, 6) is 3.83. The molecule has 3 heteroatoms. The first kappa shape index (κ1) is 11.9. The Kier molecular flexibility index (Phi) is 3.23. The molecule has 0 aromatic carbocycles. The van der Waals surface area contributed by atoms with Gasteiger partial charge in [0, 0.05) is 23.6 Å². The lowest BCUT2D eigenvalue weighted by molar-refractivity contribution is 0.312. The van der Waals surface area contributed by atoms with Crippen LogP contribution >= 0.6 is 0 Å². The first-order valence-corrected chi connectivity index (χ1v) is 7.40. The van der Waals surface area contributed by atoms with Crippen LogP contribution < -0.4 is 5.73 Å². The molecule has 1 aromatic heterocycles. The SMILES string of the molecule is CCC1CCC(c2nc(N)cc(C3CC3)n2)CC1. The van der Waals surface area contributed by atoms with E-state index in [4.69, 9.17) is 10.7 Å². The molecule has 0 unspecified atom stereocenters. The summed E-state index contributed by atoms with van der Waals surface area (Å²) in [6, 6.07) is 1.97. The van der Waals surface area contributed by atoms with E-state index in [1.807, 2.05) is 6.07 Å². The second kappa shape index (κ2) is 4.87. The minimum absolute atomic E-state index is 0.550. The highest BCUT2D eigenvalue weighted by Crippen LogP contribution is 2.41. The fraction of sp³-hybridized carbons (Fsp3) is 0.733. The Morgan fingerprint density at radius 3 is 2.33 bits per heavy atom. The van der Waals surface area contributed by atoms with Crippen LogP contribution in [0.15, 0.2) is 6.07 Å². The van der Waals surface area contributed by atoms with E-state index in [2.05, 4.69) is 11.9 Å². The van der Waals surface area contributed by atoms with Gasteiger partial charge in [-0.3, -0.25) is 0 Å². The van der Waals surface area contributed by atoms with Crippen LogP contribution in [0, 0.1) is 5.92 Å². The molecule has 0 amide bonds. The molecule has 2 aliphatic carbocycles. The highest BCUT2D eigenvalue weighted by Gasteiger charge is 2.28. The van der Waals surface area contributed by atoms with E-state index in [1.165, 1.54) is 50.6 Å². The molecule has 2 aliphatic rings. The number of nitrogens with two attached hydrogens (primary N) is 1. The molecule has 3 nitrogen and oxygen atoms in total. The quantitative estimate of drug-likeness (QED) is 0.884. The van der Waals surface area contributed by atoms with Gasteiger partial charge in [-0.1, -0.05) is 13.3 Å². The summed E-state index contributed by atoms with van der Waals surface area (Å²) >= 11 is 0. The third-order valence-electron chi connectivity index (χ3n) is 4.57. The van der Waals surface area contributed by atoms with E-state index in [-0.39, 0.29) is 0 Å². The zero-order valence-electron chi connectivity index (χ0n) is 11.2. The Morgan fingerprint density at radius 2 is 1.72 bits per heavy atom. The maximum absolute atomic E-state index is 5.93. The topological polar surface area (TPSA) is 51.8 Å². The maximum Gasteiger partial charge on any atom is 0.134 e. The monoisotopic (exact) mass is 245 g/mol. The Balaban J connectivity index is 1.75. The molecule has 2 N–H and O–H groups in total. The first-order valence-electron chi connectivity index (χ1n) is 7.40. The predicted molar refractivity (Wildman–Crippen MR) is 73.4 cm³/mol. The number of hydrogen-bond donors (Lipinski definition) is 1. The third kappa shape index (κ3) is 2.50. The van der Waals surface area contributed by atoms with Gasteiger partial charge < -0.3 is 5.73 Å². The van der Waals surface area contributed by atoms with Crippen molar-refractivity contribution in [2.24, 2.45) is 5.92 Å². The molecule has 18 heavy (non-hydrogen) atoms. The van der Waals surface area contributed by atoms with E-state index in [1.54, 1.807) is 0 Å². The molecule has 2 saturated carbocycles. The zero-order valence-corrected chi connectivity index (χ0v) is 11.2. The van der Waals surface area contributed by atoms with Gasteiger partial charge in [-0.25, -0.2) is 9.97 Å². The number of nitrogen functional groups attached to an aromatic ring is 1. The van der Waals surface area contributed by atoms with Gasteiger partial charge in [0.05, 0.1) is 0 Å². The van der Waals surface area contributed by atoms with Crippen molar-refractivity contribution in [3.05, 3.63) is 17.6 Å². The van der Waals surface area contributed by atoms with Gasteiger partial charge in [0.1, 0.15) is 11.6 Å². The molecule has 98 valence electrons. The standard InChI is InChI=1S/C15H23N3/c1-2-10-3-5-12(6-4-10)15-17-13(11-7-8-11)9-14(16)18-15/h9-12H,2-8H2,1H3,(H2,16,17,18). The molecule has 0 radical (unpaired) electrons. The van der Waals surface area contributed by atoms with Gasteiger partial charge >= 0.3 is 0 Å². The Labute approximate surface area is 109 Å². The van der Waals surface area contributed by atoms with Crippen LogP contribution in [0.3, 0.4) is 0 Å². The molecule has 2 fully saturated rings. The molecule has 0 bridgehead atoms. The van der Waals surface area contributed by atoms with Crippen LogP contribution in [0.25, 0.3) is 0 Å². The van der Waals surface area contributed by atoms with E-state index in [9.17, 15) is 0 Å². The van der Waals surface area contributed by atoms with Gasteiger partial charge in [0.25, 0.3) is 0 Å². The zero-order chi connectivity index (χ0) is 12.5. The molecular formula is C15H23N3. The Bertz CT molecular complexity index is 418. The van der Waals surface area contributed by atoms with Crippen LogP contribution in [0.4, 0.5) is 5.82 Å². The lowest BCUT2D eigenvalue weighted by Crippen LogP contribution is -2.16. The average Bonchev–Trinajstić information content (AvgIpc) is 3.22. The van der Waals surface area contributed by atoms with Crippen molar-refractivity contribution >= 4 is 5.82 Å². The van der Waals surface area contributed by atoms with Gasteiger partial charge in [0.15, 0.2) is 0 Å².